The van der Waals surface area contributed by atoms with Crippen molar-refractivity contribution in [1.29, 1.82) is 0 Å². The van der Waals surface area contributed by atoms with Gasteiger partial charge in [0.05, 0.1) is 6.10 Å². The molecule has 2 unspecified atom stereocenters. The Labute approximate surface area is 99.3 Å². The van der Waals surface area contributed by atoms with E-state index in [1.165, 1.54) is 17.6 Å². The van der Waals surface area contributed by atoms with Crippen LogP contribution in [0.1, 0.15) is 52.9 Å². The summed E-state index contributed by atoms with van der Waals surface area (Å²) in [6, 6.07) is 0. The summed E-state index contributed by atoms with van der Waals surface area (Å²) in [5.74, 6) is 0.509. The van der Waals surface area contributed by atoms with Gasteiger partial charge >= 0.3 is 0 Å². The molecular formula is C15H24O. The Morgan fingerprint density at radius 1 is 1.38 bits per heavy atom. The van der Waals surface area contributed by atoms with Gasteiger partial charge in [0, 0.05) is 5.41 Å². The first kappa shape index (κ1) is 11.9. The summed E-state index contributed by atoms with van der Waals surface area (Å²) in [5, 5.41) is 10.2. The molecule has 0 aromatic rings. The summed E-state index contributed by atoms with van der Waals surface area (Å²) in [5.41, 5.74) is 4.52. The fourth-order valence-corrected chi connectivity index (χ4v) is 3.47. The van der Waals surface area contributed by atoms with Crippen LogP contribution < -0.4 is 0 Å². The predicted octanol–water partition coefficient (Wildman–Crippen LogP) is 3.84. The van der Waals surface area contributed by atoms with Crippen LogP contribution in [0.3, 0.4) is 0 Å². The number of aliphatic hydroxyl groups excluding tert-OH is 1. The minimum absolute atomic E-state index is 0.0916. The van der Waals surface area contributed by atoms with E-state index in [-0.39, 0.29) is 11.5 Å². The summed E-state index contributed by atoms with van der Waals surface area (Å²) >= 11 is 0. The molecule has 90 valence electrons. The largest absolute Gasteiger partial charge is 0.393 e. The summed E-state index contributed by atoms with van der Waals surface area (Å²) in [7, 11) is 0. The van der Waals surface area contributed by atoms with E-state index in [4.69, 9.17) is 0 Å². The lowest BCUT2D eigenvalue weighted by atomic mass is 9.56. The molecule has 0 aromatic heterocycles. The van der Waals surface area contributed by atoms with Crippen molar-refractivity contribution in [3.8, 4) is 0 Å². The van der Waals surface area contributed by atoms with E-state index in [0.29, 0.717) is 5.92 Å². The molecule has 0 bridgehead atoms. The van der Waals surface area contributed by atoms with Crippen molar-refractivity contribution in [2.24, 2.45) is 11.3 Å². The number of rotatable bonds is 0. The molecule has 2 fully saturated rings. The van der Waals surface area contributed by atoms with Crippen LogP contribution in [0, 0.1) is 11.3 Å². The molecule has 0 amide bonds. The quantitative estimate of drug-likeness (QED) is 0.615. The lowest BCUT2D eigenvalue weighted by Gasteiger charge is -2.50. The van der Waals surface area contributed by atoms with Gasteiger partial charge in [0.1, 0.15) is 0 Å². The monoisotopic (exact) mass is 220 g/mol. The van der Waals surface area contributed by atoms with Crippen LogP contribution in [0.5, 0.6) is 0 Å². The summed E-state index contributed by atoms with van der Waals surface area (Å²) in [6.07, 6.45) is 5.22. The lowest BCUT2D eigenvalue weighted by molar-refractivity contribution is -0.0340. The van der Waals surface area contributed by atoms with E-state index in [1.54, 1.807) is 5.57 Å². The predicted molar refractivity (Wildman–Crippen MR) is 68.2 cm³/mol. The fourth-order valence-electron chi connectivity index (χ4n) is 3.47. The average Bonchev–Trinajstić information content (AvgIpc) is 2.24. The highest BCUT2D eigenvalue weighted by Crippen LogP contribution is 2.53. The Kier molecular flexibility index (Phi) is 3.00. The molecule has 0 saturated heterocycles. The first-order valence-corrected chi connectivity index (χ1v) is 6.46. The zero-order chi connectivity index (χ0) is 11.9. The molecule has 2 aliphatic rings. The van der Waals surface area contributed by atoms with Crippen LogP contribution >= 0.6 is 0 Å². The molecule has 0 radical (unpaired) electrons. The Morgan fingerprint density at radius 2 is 2.06 bits per heavy atom. The molecule has 0 aliphatic heterocycles. The normalized spacial score (nSPS) is 39.5. The van der Waals surface area contributed by atoms with Crippen LogP contribution in [0.25, 0.3) is 0 Å². The lowest BCUT2D eigenvalue weighted by Crippen LogP contribution is -2.46. The summed E-state index contributed by atoms with van der Waals surface area (Å²) in [6.45, 7) is 10.9. The van der Waals surface area contributed by atoms with E-state index < -0.39 is 0 Å². The molecular weight excluding hydrogens is 196 g/mol. The Bertz CT molecular complexity index is 335. The highest BCUT2D eigenvalue weighted by Gasteiger charge is 2.46. The van der Waals surface area contributed by atoms with Crippen LogP contribution in [0.4, 0.5) is 0 Å². The van der Waals surface area contributed by atoms with Crippen LogP contribution in [0.15, 0.2) is 23.3 Å². The number of fused-ring (bicyclic) bond motifs is 1. The highest BCUT2D eigenvalue weighted by atomic mass is 16.3. The maximum Gasteiger partial charge on any atom is 0.0602 e. The third-order valence-corrected chi connectivity index (χ3v) is 4.91. The molecule has 2 saturated carbocycles. The van der Waals surface area contributed by atoms with E-state index in [9.17, 15) is 5.11 Å². The molecule has 16 heavy (non-hydrogen) atoms. The maximum atomic E-state index is 10.2. The molecule has 1 heteroatoms. The van der Waals surface area contributed by atoms with Crippen LogP contribution in [-0.2, 0) is 0 Å². The third kappa shape index (κ3) is 1.75. The van der Waals surface area contributed by atoms with Gasteiger partial charge in [0.15, 0.2) is 0 Å². The average molecular weight is 220 g/mol. The second kappa shape index (κ2) is 4.03. The van der Waals surface area contributed by atoms with Gasteiger partial charge in [-0.3, -0.25) is 0 Å². The molecule has 2 rings (SSSR count). The summed E-state index contributed by atoms with van der Waals surface area (Å²) in [4.78, 5) is 0. The van der Waals surface area contributed by atoms with Gasteiger partial charge in [-0.05, 0) is 51.9 Å². The number of aliphatic hydroxyl groups is 1. The molecule has 2 aliphatic carbocycles. The number of allylic oxidation sites excluding steroid dienone is 3. The number of hydrogen-bond donors (Lipinski definition) is 1. The van der Waals surface area contributed by atoms with Crippen molar-refractivity contribution >= 4 is 0 Å². The highest BCUT2D eigenvalue weighted by molar-refractivity contribution is 5.24. The topological polar surface area (TPSA) is 20.2 Å². The van der Waals surface area contributed by atoms with Gasteiger partial charge in [0.25, 0.3) is 0 Å². The Morgan fingerprint density at radius 3 is 2.69 bits per heavy atom. The van der Waals surface area contributed by atoms with Crippen molar-refractivity contribution < 1.29 is 5.11 Å². The molecule has 3 atom stereocenters. The van der Waals surface area contributed by atoms with Crippen molar-refractivity contribution in [3.05, 3.63) is 23.3 Å². The first-order valence-electron chi connectivity index (χ1n) is 6.46. The van der Waals surface area contributed by atoms with Gasteiger partial charge in [-0.2, -0.15) is 0 Å². The second-order valence-electron chi connectivity index (χ2n) is 6.08. The van der Waals surface area contributed by atoms with Crippen molar-refractivity contribution in [2.45, 2.75) is 59.0 Å². The Hall–Kier alpha value is -0.560. The minimum atomic E-state index is -0.123. The molecule has 0 aromatic carbocycles. The van der Waals surface area contributed by atoms with E-state index in [0.717, 1.165) is 25.7 Å². The second-order valence-corrected chi connectivity index (χ2v) is 6.08. The van der Waals surface area contributed by atoms with Crippen molar-refractivity contribution in [3.63, 3.8) is 0 Å². The van der Waals surface area contributed by atoms with E-state index in [2.05, 4.69) is 27.4 Å². The SMILES string of the molecule is C=C1CC[C@@H](O)C2(C)CCC(=C(C)C)CC12. The van der Waals surface area contributed by atoms with Crippen LogP contribution in [0.2, 0.25) is 0 Å². The smallest absolute Gasteiger partial charge is 0.0602 e. The third-order valence-electron chi connectivity index (χ3n) is 4.91. The van der Waals surface area contributed by atoms with E-state index in [1.807, 2.05) is 0 Å². The first-order chi connectivity index (χ1) is 7.45. The zero-order valence-electron chi connectivity index (χ0n) is 10.8. The molecule has 1 N–H and O–H groups in total. The summed E-state index contributed by atoms with van der Waals surface area (Å²) < 4.78 is 0. The standard InChI is InChI=1S/C15H24O/c1-10(2)12-7-8-15(4)13(9-12)11(3)5-6-14(15)16/h13-14,16H,3,5-9H2,1-2,4H3/t13?,14-,15?/m1/s1. The molecule has 0 spiro atoms. The van der Waals surface area contributed by atoms with Crippen LogP contribution in [-0.4, -0.2) is 11.2 Å². The fraction of sp³-hybridized carbons (Fsp3) is 0.733. The van der Waals surface area contributed by atoms with Crippen molar-refractivity contribution in [2.75, 3.05) is 0 Å². The van der Waals surface area contributed by atoms with Gasteiger partial charge in [-0.1, -0.05) is 30.2 Å². The molecule has 0 heterocycles. The van der Waals surface area contributed by atoms with Crippen molar-refractivity contribution in [1.82, 2.24) is 0 Å². The van der Waals surface area contributed by atoms with Gasteiger partial charge < -0.3 is 5.11 Å². The van der Waals surface area contributed by atoms with Gasteiger partial charge in [-0.15, -0.1) is 0 Å². The Balaban J connectivity index is 2.29. The molecule has 1 nitrogen and oxygen atoms in total. The van der Waals surface area contributed by atoms with Gasteiger partial charge in [-0.25, -0.2) is 0 Å². The van der Waals surface area contributed by atoms with Gasteiger partial charge in [0.2, 0.25) is 0 Å². The number of hydrogen-bond acceptors (Lipinski definition) is 1. The zero-order valence-corrected chi connectivity index (χ0v) is 10.8. The van der Waals surface area contributed by atoms with E-state index >= 15 is 0 Å². The maximum absolute atomic E-state index is 10.2. The minimum Gasteiger partial charge on any atom is -0.393 e.